The molecule has 1 rings (SSSR count). The molecule has 0 spiro atoms. The van der Waals surface area contributed by atoms with Crippen molar-refractivity contribution in [3.63, 3.8) is 0 Å². The molecule has 0 radical (unpaired) electrons. The Hall–Kier alpha value is -1.00. The highest BCUT2D eigenvalue weighted by Gasteiger charge is 2.30. The number of rotatable bonds is 5. The van der Waals surface area contributed by atoms with Crippen LogP contribution >= 0.6 is 12.4 Å². The van der Waals surface area contributed by atoms with Crippen LogP contribution in [-0.2, 0) is 11.3 Å². The molecule has 2 N–H and O–H groups in total. The summed E-state index contributed by atoms with van der Waals surface area (Å²) < 4.78 is 5.21. The van der Waals surface area contributed by atoms with Gasteiger partial charge in [0.15, 0.2) is 0 Å². The number of hydrogen-bond donors (Lipinski definition) is 1. The lowest BCUT2D eigenvalue weighted by Crippen LogP contribution is -2.51. The summed E-state index contributed by atoms with van der Waals surface area (Å²) in [5.41, 5.74) is 6.27. The molecule has 1 aromatic rings. The molecule has 0 aromatic carbocycles. The Morgan fingerprint density at radius 3 is 2.61 bits per heavy atom. The zero-order chi connectivity index (χ0) is 13.1. The number of halogens is 1. The highest BCUT2D eigenvalue weighted by atomic mass is 35.5. The second kappa shape index (κ2) is 6.81. The van der Waals surface area contributed by atoms with Crippen LogP contribution in [0.5, 0.6) is 0 Å². The van der Waals surface area contributed by atoms with E-state index in [0.717, 1.165) is 17.7 Å². The second-order valence-electron chi connectivity index (χ2n) is 4.83. The van der Waals surface area contributed by atoms with E-state index in [2.05, 4.69) is 0 Å². The van der Waals surface area contributed by atoms with Crippen LogP contribution in [0.4, 0.5) is 0 Å². The van der Waals surface area contributed by atoms with E-state index in [9.17, 15) is 4.79 Å². The van der Waals surface area contributed by atoms with Crippen LogP contribution in [0.2, 0.25) is 0 Å². The number of nitrogens with zero attached hydrogens (tertiary/aromatic N) is 1. The molecule has 0 fully saturated rings. The smallest absolute Gasteiger partial charge is 0.242 e. The molecule has 104 valence electrons. The van der Waals surface area contributed by atoms with E-state index in [-0.39, 0.29) is 18.3 Å². The molecule has 1 amide bonds. The predicted molar refractivity (Wildman–Crippen MR) is 74.7 cm³/mol. The van der Waals surface area contributed by atoms with Crippen molar-refractivity contribution in [3.05, 3.63) is 23.7 Å². The molecule has 1 unspecified atom stereocenters. The Bertz CT molecular complexity index is 388. The summed E-state index contributed by atoms with van der Waals surface area (Å²) in [5, 5.41) is 0. The number of carbonyl (C=O) groups excluding carboxylic acids is 1. The number of furan rings is 1. The number of likely N-dealkylation sites (N-methyl/N-ethyl adjacent to an activating group) is 1. The fourth-order valence-electron chi connectivity index (χ4n) is 1.96. The van der Waals surface area contributed by atoms with Crippen LogP contribution in [0.25, 0.3) is 0 Å². The molecule has 1 heterocycles. The van der Waals surface area contributed by atoms with Crippen molar-refractivity contribution >= 4 is 18.3 Å². The monoisotopic (exact) mass is 274 g/mol. The van der Waals surface area contributed by atoms with Gasteiger partial charge in [-0.1, -0.05) is 13.3 Å². The second-order valence-corrected chi connectivity index (χ2v) is 4.83. The van der Waals surface area contributed by atoms with Crippen molar-refractivity contribution < 1.29 is 9.21 Å². The van der Waals surface area contributed by atoms with E-state index in [4.69, 9.17) is 10.2 Å². The van der Waals surface area contributed by atoms with Gasteiger partial charge in [-0.15, -0.1) is 12.4 Å². The van der Waals surface area contributed by atoms with Crippen molar-refractivity contribution in [2.45, 2.75) is 45.7 Å². The maximum Gasteiger partial charge on any atom is 0.242 e. The lowest BCUT2D eigenvalue weighted by Gasteiger charge is -2.28. The van der Waals surface area contributed by atoms with Gasteiger partial charge in [0.2, 0.25) is 5.91 Å². The van der Waals surface area contributed by atoms with E-state index in [1.165, 1.54) is 0 Å². The van der Waals surface area contributed by atoms with Gasteiger partial charge in [0.05, 0.1) is 11.8 Å². The summed E-state index contributed by atoms with van der Waals surface area (Å²) in [6.45, 7) is 6.25. The number of aryl methyl sites for hydroxylation is 1. The summed E-state index contributed by atoms with van der Waals surface area (Å²) in [6.07, 6.45) is 3.23. The maximum absolute atomic E-state index is 12.2. The quantitative estimate of drug-likeness (QED) is 0.897. The van der Waals surface area contributed by atoms with Gasteiger partial charge in [-0.05, 0) is 26.3 Å². The molecule has 4 nitrogen and oxygen atoms in total. The first-order valence-corrected chi connectivity index (χ1v) is 5.96. The third-order valence-electron chi connectivity index (χ3n) is 2.98. The minimum absolute atomic E-state index is 0. The SMILES string of the molecule is CCCC(C)(N)C(=O)N(C)Cc1ccoc1C.Cl. The van der Waals surface area contributed by atoms with Gasteiger partial charge >= 0.3 is 0 Å². The fourth-order valence-corrected chi connectivity index (χ4v) is 1.96. The molecule has 0 aliphatic rings. The average molecular weight is 275 g/mol. The highest BCUT2D eigenvalue weighted by Crippen LogP contribution is 2.16. The highest BCUT2D eigenvalue weighted by molar-refractivity contribution is 5.85. The number of amides is 1. The van der Waals surface area contributed by atoms with Crippen LogP contribution < -0.4 is 5.73 Å². The zero-order valence-electron chi connectivity index (χ0n) is 11.5. The standard InChI is InChI=1S/C13H22N2O2.ClH/c1-5-7-13(3,14)12(16)15(4)9-11-6-8-17-10(11)2;/h6,8H,5,7,9,14H2,1-4H3;1H. The van der Waals surface area contributed by atoms with Gasteiger partial charge in [0.25, 0.3) is 0 Å². The van der Waals surface area contributed by atoms with E-state index < -0.39 is 5.54 Å². The van der Waals surface area contributed by atoms with Gasteiger partial charge in [0, 0.05) is 19.2 Å². The van der Waals surface area contributed by atoms with Gasteiger partial charge in [-0.25, -0.2) is 0 Å². The van der Waals surface area contributed by atoms with Gasteiger partial charge < -0.3 is 15.1 Å². The van der Waals surface area contributed by atoms with E-state index in [0.29, 0.717) is 13.0 Å². The van der Waals surface area contributed by atoms with Gasteiger partial charge in [0.1, 0.15) is 5.76 Å². The minimum Gasteiger partial charge on any atom is -0.469 e. The van der Waals surface area contributed by atoms with Crippen LogP contribution in [0.3, 0.4) is 0 Å². The number of carbonyl (C=O) groups is 1. The summed E-state index contributed by atoms with van der Waals surface area (Å²) in [4.78, 5) is 13.8. The third-order valence-corrected chi connectivity index (χ3v) is 2.98. The number of hydrogen-bond acceptors (Lipinski definition) is 3. The average Bonchev–Trinajstić information content (AvgIpc) is 2.63. The van der Waals surface area contributed by atoms with Gasteiger partial charge in [-0.3, -0.25) is 4.79 Å². The summed E-state index contributed by atoms with van der Waals surface area (Å²) >= 11 is 0. The third kappa shape index (κ3) is 4.03. The largest absolute Gasteiger partial charge is 0.469 e. The lowest BCUT2D eigenvalue weighted by atomic mass is 9.96. The first kappa shape index (κ1) is 17.0. The normalized spacial score (nSPS) is 13.6. The van der Waals surface area contributed by atoms with E-state index in [1.54, 1.807) is 25.1 Å². The van der Waals surface area contributed by atoms with Crippen molar-refractivity contribution in [3.8, 4) is 0 Å². The first-order chi connectivity index (χ1) is 7.88. The molecule has 0 aliphatic carbocycles. The Morgan fingerprint density at radius 2 is 2.17 bits per heavy atom. The summed E-state index contributed by atoms with van der Waals surface area (Å²) in [5.74, 6) is 0.818. The molecular weight excluding hydrogens is 252 g/mol. The minimum atomic E-state index is -0.777. The molecule has 18 heavy (non-hydrogen) atoms. The van der Waals surface area contributed by atoms with Crippen LogP contribution in [0.15, 0.2) is 16.7 Å². The van der Waals surface area contributed by atoms with Crippen molar-refractivity contribution in [2.75, 3.05) is 7.05 Å². The number of nitrogens with two attached hydrogens (primary N) is 1. The van der Waals surface area contributed by atoms with Crippen molar-refractivity contribution in [2.24, 2.45) is 5.73 Å². The fraction of sp³-hybridized carbons (Fsp3) is 0.615. The van der Waals surface area contributed by atoms with Crippen LogP contribution in [0.1, 0.15) is 38.0 Å². The Balaban J connectivity index is 0.00000289. The Kier molecular flexibility index (Phi) is 6.43. The Morgan fingerprint density at radius 1 is 1.56 bits per heavy atom. The van der Waals surface area contributed by atoms with Crippen molar-refractivity contribution in [1.82, 2.24) is 4.90 Å². The van der Waals surface area contributed by atoms with E-state index in [1.807, 2.05) is 19.9 Å². The topological polar surface area (TPSA) is 59.5 Å². The maximum atomic E-state index is 12.2. The summed E-state index contributed by atoms with van der Waals surface area (Å²) in [7, 11) is 1.77. The molecule has 5 heteroatoms. The van der Waals surface area contributed by atoms with E-state index >= 15 is 0 Å². The van der Waals surface area contributed by atoms with Crippen LogP contribution in [0, 0.1) is 6.92 Å². The van der Waals surface area contributed by atoms with Crippen molar-refractivity contribution in [1.29, 1.82) is 0 Å². The molecular formula is C13H23ClN2O2. The first-order valence-electron chi connectivity index (χ1n) is 5.96. The molecule has 1 atom stereocenters. The molecule has 0 bridgehead atoms. The zero-order valence-corrected chi connectivity index (χ0v) is 12.3. The molecule has 0 saturated carbocycles. The predicted octanol–water partition coefficient (Wildman–Crippen LogP) is 2.49. The lowest BCUT2D eigenvalue weighted by molar-refractivity contribution is -0.135. The Labute approximate surface area is 115 Å². The molecule has 1 aromatic heterocycles. The molecule has 0 saturated heterocycles. The summed E-state index contributed by atoms with van der Waals surface area (Å²) in [6, 6.07) is 1.88. The van der Waals surface area contributed by atoms with Gasteiger partial charge in [-0.2, -0.15) is 0 Å². The molecule has 0 aliphatic heterocycles. The van der Waals surface area contributed by atoms with Crippen LogP contribution in [-0.4, -0.2) is 23.4 Å².